The quantitative estimate of drug-likeness (QED) is 0.819. The van der Waals surface area contributed by atoms with Crippen molar-refractivity contribution in [2.45, 2.75) is 19.4 Å². The molecule has 1 unspecified atom stereocenters. The molecule has 0 radical (unpaired) electrons. The average molecular weight is 243 g/mol. The van der Waals surface area contributed by atoms with Gasteiger partial charge in [0.1, 0.15) is 6.04 Å². The number of carbonyl (C=O) groups is 2. The van der Waals surface area contributed by atoms with Gasteiger partial charge in [-0.15, -0.1) is 0 Å². The number of nitrogens with one attached hydrogen (secondary N) is 1. The average Bonchev–Trinajstić information content (AvgIpc) is 2.61. The van der Waals surface area contributed by atoms with E-state index < -0.39 is 0 Å². The number of anilines is 1. The van der Waals surface area contributed by atoms with Crippen LogP contribution in [-0.2, 0) is 0 Å². The molecule has 0 aromatic heterocycles. The summed E-state index contributed by atoms with van der Waals surface area (Å²) in [4.78, 5) is 24.6. The topological polar surface area (TPSA) is 73.2 Å². The van der Waals surface area contributed by atoms with Crippen LogP contribution in [0.1, 0.15) is 34.1 Å². The van der Waals surface area contributed by atoms with Crippen molar-refractivity contribution < 1.29 is 9.59 Å². The summed E-state index contributed by atoms with van der Waals surface area (Å²) in [6, 6.07) is 6.78. The van der Waals surface area contributed by atoms with Gasteiger partial charge in [0.2, 0.25) is 0 Å². The number of hydrogen-bond donors (Lipinski definition) is 1. The van der Waals surface area contributed by atoms with Crippen LogP contribution in [-0.4, -0.2) is 29.8 Å². The largest absolute Gasteiger partial charge is 0.370 e. The number of nitriles is 1. The molecule has 0 fully saturated rings. The van der Waals surface area contributed by atoms with Gasteiger partial charge in [0.25, 0.3) is 11.8 Å². The first-order chi connectivity index (χ1) is 8.58. The second-order valence-electron chi connectivity index (χ2n) is 4.16. The fourth-order valence-corrected chi connectivity index (χ4v) is 1.88. The van der Waals surface area contributed by atoms with Gasteiger partial charge < -0.3 is 5.32 Å². The van der Waals surface area contributed by atoms with Gasteiger partial charge in [-0.25, -0.2) is 0 Å². The Bertz CT molecular complexity index is 560. The predicted molar refractivity (Wildman–Crippen MR) is 66.2 cm³/mol. The highest BCUT2D eigenvalue weighted by molar-refractivity contribution is 6.21. The van der Waals surface area contributed by atoms with Crippen molar-refractivity contribution in [3.63, 3.8) is 0 Å². The molecule has 2 rings (SSSR count). The second-order valence-corrected chi connectivity index (χ2v) is 4.16. The van der Waals surface area contributed by atoms with E-state index in [1.807, 2.05) is 6.92 Å². The molecule has 1 aromatic carbocycles. The first-order valence-electron chi connectivity index (χ1n) is 5.71. The lowest BCUT2D eigenvalue weighted by molar-refractivity contribution is 0.0693. The Balaban J connectivity index is 2.33. The van der Waals surface area contributed by atoms with E-state index in [0.29, 0.717) is 23.2 Å². The smallest absolute Gasteiger partial charge is 0.261 e. The van der Waals surface area contributed by atoms with Gasteiger partial charge in [0.05, 0.1) is 17.2 Å². The fraction of sp³-hybridized carbons (Fsp3) is 0.308. The number of nitrogens with zero attached hydrogens (tertiary/aromatic N) is 2. The minimum atomic E-state index is -0.302. The maximum absolute atomic E-state index is 11.8. The van der Waals surface area contributed by atoms with Crippen LogP contribution in [0.25, 0.3) is 0 Å². The highest BCUT2D eigenvalue weighted by Gasteiger charge is 2.32. The minimum Gasteiger partial charge on any atom is -0.370 e. The molecule has 1 atom stereocenters. The van der Waals surface area contributed by atoms with Crippen molar-refractivity contribution in [3.05, 3.63) is 29.3 Å². The van der Waals surface area contributed by atoms with Crippen molar-refractivity contribution in [3.8, 4) is 6.07 Å². The van der Waals surface area contributed by atoms with E-state index in [1.165, 1.54) is 7.05 Å². The molecular weight excluding hydrogens is 230 g/mol. The van der Waals surface area contributed by atoms with Gasteiger partial charge in [-0.05, 0) is 24.6 Å². The number of fused-ring (bicyclic) bond motifs is 1. The van der Waals surface area contributed by atoms with Crippen LogP contribution in [0.3, 0.4) is 0 Å². The zero-order valence-corrected chi connectivity index (χ0v) is 10.2. The summed E-state index contributed by atoms with van der Waals surface area (Å²) < 4.78 is 0. The molecule has 1 N–H and O–H groups in total. The summed E-state index contributed by atoms with van der Waals surface area (Å²) in [5.74, 6) is -0.586. The van der Waals surface area contributed by atoms with E-state index in [1.54, 1.807) is 18.2 Å². The third-order valence-corrected chi connectivity index (χ3v) is 2.99. The normalized spacial score (nSPS) is 15.3. The maximum Gasteiger partial charge on any atom is 0.261 e. The molecule has 0 saturated carbocycles. The molecule has 0 aliphatic carbocycles. The zero-order chi connectivity index (χ0) is 13.3. The van der Waals surface area contributed by atoms with E-state index in [0.717, 1.165) is 4.90 Å². The van der Waals surface area contributed by atoms with Crippen molar-refractivity contribution in [2.75, 3.05) is 12.4 Å². The number of imide groups is 1. The summed E-state index contributed by atoms with van der Waals surface area (Å²) in [6.45, 7) is 1.90. The van der Waals surface area contributed by atoms with Crippen molar-refractivity contribution in [2.24, 2.45) is 0 Å². The number of rotatable bonds is 3. The molecule has 2 amide bonds. The zero-order valence-electron chi connectivity index (χ0n) is 10.2. The lowest BCUT2D eigenvalue weighted by atomic mass is 10.1. The number of amides is 2. The van der Waals surface area contributed by atoms with Crippen LogP contribution in [0.4, 0.5) is 5.69 Å². The molecular formula is C13H13N3O2. The van der Waals surface area contributed by atoms with Crippen LogP contribution < -0.4 is 5.32 Å². The molecule has 92 valence electrons. The minimum absolute atomic E-state index is 0.283. The van der Waals surface area contributed by atoms with Gasteiger partial charge >= 0.3 is 0 Å². The lowest BCUT2D eigenvalue weighted by Crippen LogP contribution is -2.24. The standard InChI is InChI=1S/C13H13N3O2/c1-3-8(7-14)15-9-4-5-10-11(6-9)13(18)16(2)12(10)17/h4-6,8,15H,3H2,1-2H3. The molecule has 1 aliphatic heterocycles. The molecule has 0 saturated heterocycles. The van der Waals surface area contributed by atoms with Gasteiger partial charge in [-0.2, -0.15) is 5.26 Å². The number of carbonyl (C=O) groups excluding carboxylic acids is 2. The SMILES string of the molecule is CCC(C#N)Nc1ccc2c(c1)C(=O)N(C)C2=O. The number of benzene rings is 1. The highest BCUT2D eigenvalue weighted by Crippen LogP contribution is 2.25. The van der Waals surface area contributed by atoms with E-state index in [2.05, 4.69) is 11.4 Å². The van der Waals surface area contributed by atoms with Gasteiger partial charge in [0, 0.05) is 12.7 Å². The molecule has 1 heterocycles. The van der Waals surface area contributed by atoms with Crippen LogP contribution in [0.2, 0.25) is 0 Å². The van der Waals surface area contributed by atoms with E-state index in [4.69, 9.17) is 5.26 Å². The fourth-order valence-electron chi connectivity index (χ4n) is 1.88. The predicted octanol–water partition coefficient (Wildman–Crippen LogP) is 1.63. The summed E-state index contributed by atoms with van der Waals surface area (Å²) in [6.07, 6.45) is 0.667. The maximum atomic E-state index is 11.8. The van der Waals surface area contributed by atoms with Gasteiger partial charge in [-0.1, -0.05) is 6.92 Å². The Morgan fingerprint density at radius 2 is 2.00 bits per heavy atom. The Hall–Kier alpha value is -2.35. The number of hydrogen-bond acceptors (Lipinski definition) is 4. The molecule has 1 aromatic rings. The monoisotopic (exact) mass is 243 g/mol. The molecule has 1 aliphatic rings. The van der Waals surface area contributed by atoms with E-state index >= 15 is 0 Å². The molecule has 0 bridgehead atoms. The van der Waals surface area contributed by atoms with Gasteiger partial charge in [-0.3, -0.25) is 14.5 Å². The third-order valence-electron chi connectivity index (χ3n) is 2.99. The van der Waals surface area contributed by atoms with Crippen molar-refractivity contribution in [1.82, 2.24) is 4.90 Å². The Labute approximate surface area is 105 Å². The molecule has 0 spiro atoms. The second kappa shape index (κ2) is 4.49. The molecule has 5 heteroatoms. The van der Waals surface area contributed by atoms with E-state index in [-0.39, 0.29) is 17.9 Å². The Kier molecular flexibility index (Phi) is 3.02. The summed E-state index contributed by atoms with van der Waals surface area (Å²) in [7, 11) is 1.46. The van der Waals surface area contributed by atoms with Crippen molar-refractivity contribution >= 4 is 17.5 Å². The first-order valence-corrected chi connectivity index (χ1v) is 5.71. The van der Waals surface area contributed by atoms with Crippen LogP contribution in [0.5, 0.6) is 0 Å². The lowest BCUT2D eigenvalue weighted by Gasteiger charge is -2.10. The van der Waals surface area contributed by atoms with E-state index in [9.17, 15) is 9.59 Å². The highest BCUT2D eigenvalue weighted by atomic mass is 16.2. The summed E-state index contributed by atoms with van der Waals surface area (Å²) >= 11 is 0. The molecule has 18 heavy (non-hydrogen) atoms. The Morgan fingerprint density at radius 1 is 1.33 bits per heavy atom. The first kappa shape index (κ1) is 12.1. The van der Waals surface area contributed by atoms with Crippen LogP contribution in [0, 0.1) is 11.3 Å². The third kappa shape index (κ3) is 1.82. The Morgan fingerprint density at radius 3 is 2.61 bits per heavy atom. The summed E-state index contributed by atoms with van der Waals surface area (Å²) in [5.41, 5.74) is 1.48. The van der Waals surface area contributed by atoms with Crippen LogP contribution >= 0.6 is 0 Å². The summed E-state index contributed by atoms with van der Waals surface area (Å²) in [5, 5.41) is 11.9. The van der Waals surface area contributed by atoms with Gasteiger partial charge in [0.15, 0.2) is 0 Å². The molecule has 5 nitrogen and oxygen atoms in total. The van der Waals surface area contributed by atoms with Crippen molar-refractivity contribution in [1.29, 1.82) is 5.26 Å². The van der Waals surface area contributed by atoms with Crippen LogP contribution in [0.15, 0.2) is 18.2 Å².